The number of hydrogen-bond acceptors (Lipinski definition) is 3. The molecule has 0 saturated heterocycles. The van der Waals surface area contributed by atoms with Gasteiger partial charge < -0.3 is 15.4 Å². The number of aryl methyl sites for hydroxylation is 1. The minimum atomic E-state index is -0.538. The summed E-state index contributed by atoms with van der Waals surface area (Å²) in [7, 11) is 1.85. The number of carbonyl (C=O) groups is 1. The van der Waals surface area contributed by atoms with Crippen LogP contribution < -0.4 is 15.4 Å². The third-order valence-corrected chi connectivity index (χ3v) is 3.12. The van der Waals surface area contributed by atoms with Crippen molar-refractivity contribution in [3.8, 4) is 5.75 Å². The van der Waals surface area contributed by atoms with Crippen molar-refractivity contribution in [3.05, 3.63) is 28.8 Å². The zero-order valence-corrected chi connectivity index (χ0v) is 13.8. The Morgan fingerprint density at radius 2 is 2.05 bits per heavy atom. The highest BCUT2D eigenvalue weighted by molar-refractivity contribution is 6.30. The Morgan fingerprint density at radius 3 is 2.60 bits per heavy atom. The molecular formula is C14H22Cl2N2O2. The van der Waals surface area contributed by atoms with Crippen LogP contribution in [0, 0.1) is 6.92 Å². The number of ether oxygens (including phenoxy) is 1. The minimum absolute atomic E-state index is 0. The number of amides is 1. The molecule has 0 fully saturated rings. The van der Waals surface area contributed by atoms with Crippen LogP contribution in [0.4, 0.5) is 0 Å². The van der Waals surface area contributed by atoms with Gasteiger partial charge in [-0.15, -0.1) is 12.4 Å². The van der Waals surface area contributed by atoms with Gasteiger partial charge in [0.25, 0.3) is 5.91 Å². The van der Waals surface area contributed by atoms with E-state index >= 15 is 0 Å². The van der Waals surface area contributed by atoms with Crippen molar-refractivity contribution in [1.29, 1.82) is 0 Å². The van der Waals surface area contributed by atoms with E-state index in [1.807, 2.05) is 27.0 Å². The second-order valence-electron chi connectivity index (χ2n) is 4.60. The Morgan fingerprint density at radius 1 is 1.40 bits per heavy atom. The normalized spacial score (nSPS) is 13.1. The van der Waals surface area contributed by atoms with E-state index in [-0.39, 0.29) is 24.4 Å². The van der Waals surface area contributed by atoms with E-state index in [1.54, 1.807) is 19.1 Å². The van der Waals surface area contributed by atoms with E-state index in [1.165, 1.54) is 0 Å². The molecular weight excluding hydrogens is 299 g/mol. The standard InChI is InChI=1S/C14H21ClN2O2.ClH/c1-9-7-12(15)5-6-13(9)19-11(3)14(18)17-8-10(2)16-4;/h5-7,10-11,16H,8H2,1-4H3,(H,17,18);1H. The number of likely N-dealkylation sites (N-methyl/N-ethyl adjacent to an activating group) is 1. The fourth-order valence-electron chi connectivity index (χ4n) is 1.49. The van der Waals surface area contributed by atoms with Crippen LogP contribution in [0.2, 0.25) is 5.02 Å². The van der Waals surface area contributed by atoms with Crippen LogP contribution in [0.25, 0.3) is 0 Å². The molecule has 0 bridgehead atoms. The minimum Gasteiger partial charge on any atom is -0.481 e. The summed E-state index contributed by atoms with van der Waals surface area (Å²) in [6.45, 7) is 6.19. The van der Waals surface area contributed by atoms with Gasteiger partial charge >= 0.3 is 0 Å². The van der Waals surface area contributed by atoms with E-state index in [4.69, 9.17) is 16.3 Å². The molecule has 0 saturated carbocycles. The van der Waals surface area contributed by atoms with Crippen LogP contribution >= 0.6 is 24.0 Å². The van der Waals surface area contributed by atoms with E-state index in [2.05, 4.69) is 10.6 Å². The second kappa shape index (κ2) is 9.06. The third kappa shape index (κ3) is 5.99. The van der Waals surface area contributed by atoms with E-state index < -0.39 is 6.10 Å². The molecule has 0 heterocycles. The molecule has 114 valence electrons. The van der Waals surface area contributed by atoms with Gasteiger partial charge in [0, 0.05) is 17.6 Å². The molecule has 0 aliphatic carbocycles. The lowest BCUT2D eigenvalue weighted by atomic mass is 10.2. The van der Waals surface area contributed by atoms with E-state index in [9.17, 15) is 4.79 Å². The molecule has 4 nitrogen and oxygen atoms in total. The van der Waals surface area contributed by atoms with Crippen molar-refractivity contribution >= 4 is 29.9 Å². The highest BCUT2D eigenvalue weighted by Gasteiger charge is 2.15. The molecule has 20 heavy (non-hydrogen) atoms. The first-order chi connectivity index (χ1) is 8.93. The maximum Gasteiger partial charge on any atom is 0.260 e. The number of nitrogens with one attached hydrogen (secondary N) is 2. The summed E-state index contributed by atoms with van der Waals surface area (Å²) in [6, 6.07) is 5.56. The predicted octanol–water partition coefficient (Wildman–Crippen LogP) is 2.56. The van der Waals surface area contributed by atoms with Crippen LogP contribution in [0.15, 0.2) is 18.2 Å². The SMILES string of the molecule is CNC(C)CNC(=O)C(C)Oc1ccc(Cl)cc1C.Cl. The van der Waals surface area contributed by atoms with Crippen LogP contribution in [0.5, 0.6) is 5.75 Å². The quantitative estimate of drug-likeness (QED) is 0.847. The number of rotatable bonds is 6. The maximum absolute atomic E-state index is 11.9. The Labute approximate surface area is 131 Å². The number of carbonyl (C=O) groups excluding carboxylic acids is 1. The van der Waals surface area contributed by atoms with Gasteiger partial charge in [-0.1, -0.05) is 11.6 Å². The van der Waals surface area contributed by atoms with Crippen LogP contribution in [0.3, 0.4) is 0 Å². The fourth-order valence-corrected chi connectivity index (χ4v) is 1.72. The van der Waals surface area contributed by atoms with Crippen LogP contribution in [-0.4, -0.2) is 31.6 Å². The average molecular weight is 321 g/mol. The third-order valence-electron chi connectivity index (χ3n) is 2.89. The van der Waals surface area contributed by atoms with Gasteiger partial charge in [0.15, 0.2) is 6.10 Å². The number of benzene rings is 1. The Kier molecular flexibility index (Phi) is 8.62. The summed E-state index contributed by atoms with van der Waals surface area (Å²) < 4.78 is 5.64. The molecule has 1 aromatic carbocycles. The van der Waals surface area contributed by atoms with Gasteiger partial charge in [0.2, 0.25) is 0 Å². The zero-order chi connectivity index (χ0) is 14.4. The van der Waals surface area contributed by atoms with Crippen molar-refractivity contribution in [3.63, 3.8) is 0 Å². The predicted molar refractivity (Wildman–Crippen MR) is 85.1 cm³/mol. The highest BCUT2D eigenvalue weighted by Crippen LogP contribution is 2.22. The van der Waals surface area contributed by atoms with Gasteiger partial charge in [-0.2, -0.15) is 0 Å². The van der Waals surface area contributed by atoms with Gasteiger partial charge in [-0.3, -0.25) is 4.79 Å². The molecule has 0 aliphatic heterocycles. The first-order valence-electron chi connectivity index (χ1n) is 6.31. The fraction of sp³-hybridized carbons (Fsp3) is 0.500. The van der Waals surface area contributed by atoms with E-state index in [0.717, 1.165) is 5.56 Å². The van der Waals surface area contributed by atoms with Crippen LogP contribution in [-0.2, 0) is 4.79 Å². The Hall–Kier alpha value is -0.970. The summed E-state index contributed by atoms with van der Waals surface area (Å²) in [6.07, 6.45) is -0.538. The van der Waals surface area contributed by atoms with E-state index in [0.29, 0.717) is 17.3 Å². The molecule has 1 aromatic rings. The molecule has 0 spiro atoms. The first-order valence-corrected chi connectivity index (χ1v) is 6.69. The van der Waals surface area contributed by atoms with Crippen molar-refractivity contribution in [1.82, 2.24) is 10.6 Å². The molecule has 1 amide bonds. The van der Waals surface area contributed by atoms with Gasteiger partial charge in [0.05, 0.1) is 0 Å². The van der Waals surface area contributed by atoms with Crippen LogP contribution in [0.1, 0.15) is 19.4 Å². The second-order valence-corrected chi connectivity index (χ2v) is 5.04. The topological polar surface area (TPSA) is 50.4 Å². The molecule has 1 rings (SSSR count). The largest absolute Gasteiger partial charge is 0.481 e. The highest BCUT2D eigenvalue weighted by atomic mass is 35.5. The smallest absolute Gasteiger partial charge is 0.260 e. The first kappa shape index (κ1) is 19.0. The monoisotopic (exact) mass is 320 g/mol. The Bertz CT molecular complexity index is 441. The number of halogens is 2. The average Bonchev–Trinajstić information content (AvgIpc) is 2.38. The summed E-state index contributed by atoms with van der Waals surface area (Å²) in [5.41, 5.74) is 0.913. The van der Waals surface area contributed by atoms with Gasteiger partial charge in [-0.05, 0) is 51.6 Å². The summed E-state index contributed by atoms with van der Waals surface area (Å²) in [4.78, 5) is 11.9. The lowest BCUT2D eigenvalue weighted by Gasteiger charge is -2.18. The van der Waals surface area contributed by atoms with Crippen molar-refractivity contribution in [2.24, 2.45) is 0 Å². The molecule has 0 aromatic heterocycles. The summed E-state index contributed by atoms with van der Waals surface area (Å²) in [5.74, 6) is 0.546. The summed E-state index contributed by atoms with van der Waals surface area (Å²) in [5, 5.41) is 6.54. The summed E-state index contributed by atoms with van der Waals surface area (Å²) >= 11 is 5.87. The lowest BCUT2D eigenvalue weighted by Crippen LogP contribution is -2.42. The molecule has 0 aliphatic rings. The molecule has 6 heteroatoms. The number of hydrogen-bond donors (Lipinski definition) is 2. The van der Waals surface area contributed by atoms with Crippen molar-refractivity contribution < 1.29 is 9.53 Å². The van der Waals surface area contributed by atoms with Gasteiger partial charge in [-0.25, -0.2) is 0 Å². The molecule has 2 atom stereocenters. The molecule has 2 N–H and O–H groups in total. The maximum atomic E-state index is 11.9. The zero-order valence-electron chi connectivity index (χ0n) is 12.2. The van der Waals surface area contributed by atoms with Crippen molar-refractivity contribution in [2.75, 3.05) is 13.6 Å². The van der Waals surface area contributed by atoms with Gasteiger partial charge in [0.1, 0.15) is 5.75 Å². The Balaban J connectivity index is 0.00000361. The lowest BCUT2D eigenvalue weighted by molar-refractivity contribution is -0.127. The van der Waals surface area contributed by atoms with Crippen molar-refractivity contribution in [2.45, 2.75) is 32.9 Å². The molecule has 0 radical (unpaired) electrons. The molecule has 2 unspecified atom stereocenters.